The lowest BCUT2D eigenvalue weighted by molar-refractivity contribution is 0.0949. The maximum Gasteiger partial charge on any atom is 0.255 e. The molecule has 0 saturated carbocycles. The van der Waals surface area contributed by atoms with Gasteiger partial charge in [-0.1, -0.05) is 0 Å². The van der Waals surface area contributed by atoms with Crippen LogP contribution in [0.3, 0.4) is 0 Å². The normalized spacial score (nSPS) is 9.62. The number of carbonyl (C=O) groups is 1. The summed E-state index contributed by atoms with van der Waals surface area (Å²) in [6.07, 6.45) is 7.62. The highest BCUT2D eigenvalue weighted by Crippen LogP contribution is 2.39. The number of terminal acetylenes is 1. The zero-order chi connectivity index (χ0) is 15.7. The van der Waals surface area contributed by atoms with Gasteiger partial charge in [0, 0.05) is 13.0 Å². The molecular weight excluding hydrogens is 270 g/mol. The monoisotopic (exact) mass is 291 g/mol. The number of nitrogens with one attached hydrogen (secondary N) is 1. The van der Waals surface area contributed by atoms with Crippen molar-refractivity contribution in [3.05, 3.63) is 17.7 Å². The fourth-order valence-electron chi connectivity index (χ4n) is 1.93. The molecule has 21 heavy (non-hydrogen) atoms. The molecule has 0 radical (unpaired) electrons. The lowest BCUT2D eigenvalue weighted by atomic mass is 10.1. The van der Waals surface area contributed by atoms with Gasteiger partial charge in [-0.15, -0.1) is 12.3 Å². The molecule has 1 amide bonds. The third-order valence-corrected chi connectivity index (χ3v) is 2.98. The summed E-state index contributed by atoms with van der Waals surface area (Å²) in [5.74, 6) is 3.63. The average Bonchev–Trinajstić information content (AvgIpc) is 2.52. The number of ether oxygens (including phenoxy) is 3. The zero-order valence-electron chi connectivity index (χ0n) is 12.7. The van der Waals surface area contributed by atoms with E-state index in [2.05, 4.69) is 11.2 Å². The van der Waals surface area contributed by atoms with E-state index in [-0.39, 0.29) is 5.91 Å². The van der Waals surface area contributed by atoms with E-state index in [0.29, 0.717) is 29.4 Å². The molecule has 0 atom stereocenters. The zero-order valence-corrected chi connectivity index (χ0v) is 12.7. The van der Waals surface area contributed by atoms with E-state index in [1.807, 2.05) is 0 Å². The van der Waals surface area contributed by atoms with Crippen LogP contribution >= 0.6 is 0 Å². The molecule has 1 N–H and O–H groups in total. The van der Waals surface area contributed by atoms with Crippen LogP contribution in [0.2, 0.25) is 0 Å². The van der Waals surface area contributed by atoms with E-state index in [9.17, 15) is 4.79 Å². The minimum absolute atomic E-state index is 0.214. The second-order valence-electron chi connectivity index (χ2n) is 4.30. The Balaban J connectivity index is 2.82. The molecule has 0 aromatic heterocycles. The quantitative estimate of drug-likeness (QED) is 0.589. The van der Waals surface area contributed by atoms with Crippen molar-refractivity contribution in [1.82, 2.24) is 5.32 Å². The fraction of sp³-hybridized carbons (Fsp3) is 0.438. The molecule has 1 aromatic carbocycles. The van der Waals surface area contributed by atoms with Gasteiger partial charge in [0.2, 0.25) is 5.75 Å². The second kappa shape index (κ2) is 8.75. The van der Waals surface area contributed by atoms with E-state index in [0.717, 1.165) is 19.3 Å². The van der Waals surface area contributed by atoms with E-state index < -0.39 is 0 Å². The summed E-state index contributed by atoms with van der Waals surface area (Å²) in [6.45, 7) is 0.567. The molecule has 1 aromatic rings. The SMILES string of the molecule is C#CCCCCNC(=O)c1ccc(OC)c(OC)c1OC. The Labute approximate surface area is 125 Å². The first kappa shape index (κ1) is 16.7. The molecule has 0 aliphatic rings. The highest BCUT2D eigenvalue weighted by molar-refractivity contribution is 5.98. The van der Waals surface area contributed by atoms with Gasteiger partial charge in [-0.05, 0) is 25.0 Å². The van der Waals surface area contributed by atoms with Crippen LogP contribution in [-0.2, 0) is 0 Å². The van der Waals surface area contributed by atoms with E-state index in [1.54, 1.807) is 12.1 Å². The number of methoxy groups -OCH3 is 3. The Hall–Kier alpha value is -2.35. The van der Waals surface area contributed by atoms with Crippen molar-refractivity contribution in [3.8, 4) is 29.6 Å². The molecule has 0 unspecified atom stereocenters. The fourth-order valence-corrected chi connectivity index (χ4v) is 1.93. The Morgan fingerprint density at radius 1 is 1.14 bits per heavy atom. The second-order valence-corrected chi connectivity index (χ2v) is 4.30. The summed E-state index contributed by atoms with van der Waals surface area (Å²) in [4.78, 5) is 12.2. The van der Waals surface area contributed by atoms with Crippen molar-refractivity contribution in [2.24, 2.45) is 0 Å². The smallest absolute Gasteiger partial charge is 0.255 e. The number of hydrogen-bond donors (Lipinski definition) is 1. The summed E-state index contributed by atoms with van der Waals surface area (Å²) in [5, 5.41) is 2.84. The van der Waals surface area contributed by atoms with Crippen molar-refractivity contribution >= 4 is 5.91 Å². The standard InChI is InChI=1S/C16H21NO4/c1-5-6-7-8-11-17-16(18)12-9-10-13(19-2)15(21-4)14(12)20-3/h1,9-10H,6-8,11H2,2-4H3,(H,17,18). The van der Waals surface area contributed by atoms with E-state index in [1.165, 1.54) is 21.3 Å². The summed E-state index contributed by atoms with van der Waals surface area (Å²) < 4.78 is 15.7. The van der Waals surface area contributed by atoms with E-state index >= 15 is 0 Å². The minimum atomic E-state index is -0.214. The molecule has 114 valence electrons. The molecule has 0 aliphatic carbocycles. The molecule has 0 bridgehead atoms. The summed E-state index contributed by atoms with van der Waals surface area (Å²) in [7, 11) is 4.52. The largest absolute Gasteiger partial charge is 0.493 e. The first-order chi connectivity index (χ1) is 10.2. The van der Waals surface area contributed by atoms with Gasteiger partial charge >= 0.3 is 0 Å². The van der Waals surface area contributed by atoms with Crippen molar-refractivity contribution in [2.75, 3.05) is 27.9 Å². The predicted molar refractivity (Wildman–Crippen MR) is 81.1 cm³/mol. The number of benzene rings is 1. The predicted octanol–water partition coefficient (Wildman–Crippen LogP) is 2.25. The van der Waals surface area contributed by atoms with Gasteiger partial charge in [0.15, 0.2) is 11.5 Å². The van der Waals surface area contributed by atoms with Gasteiger partial charge in [-0.2, -0.15) is 0 Å². The van der Waals surface area contributed by atoms with Crippen molar-refractivity contribution in [1.29, 1.82) is 0 Å². The first-order valence-corrected chi connectivity index (χ1v) is 6.70. The molecular formula is C16H21NO4. The lowest BCUT2D eigenvalue weighted by Crippen LogP contribution is -2.25. The molecule has 5 nitrogen and oxygen atoms in total. The van der Waals surface area contributed by atoms with Gasteiger partial charge < -0.3 is 19.5 Å². The first-order valence-electron chi connectivity index (χ1n) is 6.70. The topological polar surface area (TPSA) is 56.8 Å². The molecule has 0 saturated heterocycles. The van der Waals surface area contributed by atoms with Gasteiger partial charge in [-0.3, -0.25) is 4.79 Å². The number of carbonyl (C=O) groups excluding carboxylic acids is 1. The average molecular weight is 291 g/mol. The molecule has 0 heterocycles. The summed E-state index contributed by atoms with van der Waals surface area (Å²) in [6, 6.07) is 3.32. The van der Waals surface area contributed by atoms with Crippen LogP contribution < -0.4 is 19.5 Å². The molecule has 0 spiro atoms. The Morgan fingerprint density at radius 3 is 2.43 bits per heavy atom. The van der Waals surface area contributed by atoms with Gasteiger partial charge in [-0.25, -0.2) is 0 Å². The minimum Gasteiger partial charge on any atom is -0.493 e. The van der Waals surface area contributed by atoms with Crippen LogP contribution in [0.4, 0.5) is 0 Å². The van der Waals surface area contributed by atoms with Crippen molar-refractivity contribution < 1.29 is 19.0 Å². The molecule has 1 rings (SSSR count). The number of unbranched alkanes of at least 4 members (excludes halogenated alkanes) is 2. The van der Waals surface area contributed by atoms with Crippen LogP contribution in [0, 0.1) is 12.3 Å². The van der Waals surface area contributed by atoms with E-state index in [4.69, 9.17) is 20.6 Å². The third kappa shape index (κ3) is 4.32. The van der Waals surface area contributed by atoms with Crippen LogP contribution in [0.25, 0.3) is 0 Å². The number of rotatable bonds is 8. The maximum atomic E-state index is 12.2. The lowest BCUT2D eigenvalue weighted by Gasteiger charge is -2.15. The molecule has 0 fully saturated rings. The van der Waals surface area contributed by atoms with Crippen LogP contribution in [-0.4, -0.2) is 33.8 Å². The highest BCUT2D eigenvalue weighted by atomic mass is 16.5. The molecule has 5 heteroatoms. The van der Waals surface area contributed by atoms with Crippen molar-refractivity contribution in [3.63, 3.8) is 0 Å². The van der Waals surface area contributed by atoms with Gasteiger partial charge in [0.25, 0.3) is 5.91 Å². The summed E-state index contributed by atoms with van der Waals surface area (Å²) >= 11 is 0. The van der Waals surface area contributed by atoms with Gasteiger partial charge in [0.1, 0.15) is 0 Å². The third-order valence-electron chi connectivity index (χ3n) is 2.98. The Kier molecular flexibility index (Phi) is 6.96. The van der Waals surface area contributed by atoms with Crippen LogP contribution in [0.5, 0.6) is 17.2 Å². The Bertz CT molecular complexity index is 520. The van der Waals surface area contributed by atoms with Crippen LogP contribution in [0.15, 0.2) is 12.1 Å². The van der Waals surface area contributed by atoms with Crippen molar-refractivity contribution in [2.45, 2.75) is 19.3 Å². The maximum absolute atomic E-state index is 12.2. The van der Waals surface area contributed by atoms with Crippen LogP contribution in [0.1, 0.15) is 29.6 Å². The molecule has 0 aliphatic heterocycles. The van der Waals surface area contributed by atoms with Gasteiger partial charge in [0.05, 0.1) is 26.9 Å². The summed E-state index contributed by atoms with van der Waals surface area (Å²) in [5.41, 5.74) is 0.409. The highest BCUT2D eigenvalue weighted by Gasteiger charge is 2.20. The number of amides is 1. The number of hydrogen-bond acceptors (Lipinski definition) is 4. The Morgan fingerprint density at radius 2 is 1.86 bits per heavy atom.